The fraction of sp³-hybridized carbons (Fsp3) is 0.447. The highest BCUT2D eigenvalue weighted by Gasteiger charge is 2.50. The topological polar surface area (TPSA) is 104 Å². The molecule has 0 radical (unpaired) electrons. The molecule has 0 spiro atoms. The van der Waals surface area contributed by atoms with Gasteiger partial charge in [-0.05, 0) is 86.8 Å². The van der Waals surface area contributed by atoms with Gasteiger partial charge in [0.2, 0.25) is 11.7 Å². The van der Waals surface area contributed by atoms with Crippen LogP contribution >= 0.6 is 0 Å². The van der Waals surface area contributed by atoms with Crippen LogP contribution in [0.4, 0.5) is 0 Å². The van der Waals surface area contributed by atoms with Crippen molar-refractivity contribution in [1.82, 2.24) is 9.80 Å². The highest BCUT2D eigenvalue weighted by Crippen LogP contribution is 2.39. The minimum Gasteiger partial charge on any atom is -0.493 e. The number of fused-ring (bicyclic) bond motifs is 2. The number of carbonyl (C=O) groups excluding carboxylic acids is 3. The van der Waals surface area contributed by atoms with E-state index in [0.29, 0.717) is 36.6 Å². The zero-order chi connectivity index (χ0) is 34.2. The second-order valence-corrected chi connectivity index (χ2v) is 12.3. The van der Waals surface area contributed by atoms with E-state index in [4.69, 9.17) is 23.7 Å². The highest BCUT2D eigenvalue weighted by atomic mass is 16.5. The SMILES string of the molecule is COc1ccc(CCCC(CCCc2ccccc2)N2C[C@H]3CC[C@@H](C2=O)N3C(=O)C(=O)c2cc(OC)c(OC)c(OC)c2)cc1OC. The lowest BCUT2D eigenvalue weighted by Crippen LogP contribution is -2.62. The van der Waals surface area contributed by atoms with Gasteiger partial charge in [-0.3, -0.25) is 14.4 Å². The van der Waals surface area contributed by atoms with E-state index in [1.807, 2.05) is 41.3 Å². The van der Waals surface area contributed by atoms with Gasteiger partial charge in [-0.15, -0.1) is 0 Å². The van der Waals surface area contributed by atoms with Crippen molar-refractivity contribution < 1.29 is 38.1 Å². The van der Waals surface area contributed by atoms with Crippen molar-refractivity contribution in [3.8, 4) is 28.7 Å². The van der Waals surface area contributed by atoms with E-state index in [0.717, 1.165) is 44.1 Å². The molecule has 10 heteroatoms. The predicted molar refractivity (Wildman–Crippen MR) is 181 cm³/mol. The van der Waals surface area contributed by atoms with Crippen LogP contribution in [0.25, 0.3) is 0 Å². The third-order valence-electron chi connectivity index (χ3n) is 9.57. The molecule has 0 N–H and O–H groups in total. The van der Waals surface area contributed by atoms with E-state index in [-0.39, 0.29) is 35.1 Å². The smallest absolute Gasteiger partial charge is 0.295 e. The van der Waals surface area contributed by atoms with Gasteiger partial charge in [0.15, 0.2) is 23.0 Å². The van der Waals surface area contributed by atoms with Crippen molar-refractivity contribution >= 4 is 17.6 Å². The monoisotopic (exact) mass is 658 g/mol. The number of hydrogen-bond donors (Lipinski definition) is 0. The van der Waals surface area contributed by atoms with Gasteiger partial charge in [0.1, 0.15) is 6.04 Å². The number of likely N-dealkylation sites (tertiary alicyclic amines) is 1. The van der Waals surface area contributed by atoms with Crippen molar-refractivity contribution in [3.05, 3.63) is 77.4 Å². The zero-order valence-corrected chi connectivity index (χ0v) is 28.5. The standard InChI is InChI=1S/C38H46N2O8/c1-44-31-20-17-26(21-32(31)45-2)14-10-16-28(15-9-13-25-11-7-6-8-12-25)39-24-29-18-19-30(37(39)42)40(29)38(43)35(41)27-22-33(46-3)36(48-5)34(23-27)47-4/h6-8,11-12,17,20-23,28-30H,9-10,13-16,18-19,24H2,1-5H3/t28?,29-,30+/m1/s1. The second kappa shape index (κ2) is 15.9. The van der Waals surface area contributed by atoms with Crippen LogP contribution in [-0.2, 0) is 22.4 Å². The molecule has 2 amide bonds. The van der Waals surface area contributed by atoms with E-state index >= 15 is 0 Å². The largest absolute Gasteiger partial charge is 0.493 e. The summed E-state index contributed by atoms with van der Waals surface area (Å²) in [6, 6.07) is 18.4. The summed E-state index contributed by atoms with van der Waals surface area (Å²) in [6.07, 6.45) is 6.46. The molecule has 2 heterocycles. The van der Waals surface area contributed by atoms with Crippen LogP contribution in [0.5, 0.6) is 28.7 Å². The van der Waals surface area contributed by atoms with Gasteiger partial charge in [0, 0.05) is 18.2 Å². The number of hydrogen-bond acceptors (Lipinski definition) is 8. The number of nitrogens with zero attached hydrogens (tertiary/aromatic N) is 2. The average Bonchev–Trinajstić information content (AvgIpc) is 3.47. The Balaban J connectivity index is 1.31. The van der Waals surface area contributed by atoms with Crippen LogP contribution in [0.3, 0.4) is 0 Å². The Hall–Kier alpha value is -4.73. The molecule has 2 saturated heterocycles. The molecule has 1 unspecified atom stereocenters. The minimum atomic E-state index is -0.707. The normalized spacial score (nSPS) is 17.6. The summed E-state index contributed by atoms with van der Waals surface area (Å²) in [6.45, 7) is 0.413. The Morgan fingerprint density at radius 1 is 0.729 bits per heavy atom. The molecule has 3 atom stereocenters. The highest BCUT2D eigenvalue weighted by molar-refractivity contribution is 6.43. The Morgan fingerprint density at radius 2 is 1.35 bits per heavy atom. The molecule has 3 aromatic carbocycles. The molecular formula is C38H46N2O8. The number of rotatable bonds is 16. The molecule has 0 aromatic heterocycles. The van der Waals surface area contributed by atoms with Gasteiger partial charge < -0.3 is 33.5 Å². The van der Waals surface area contributed by atoms with Crippen molar-refractivity contribution in [2.24, 2.45) is 0 Å². The maximum atomic E-state index is 14.1. The Kier molecular flexibility index (Phi) is 11.5. The molecule has 2 bridgehead atoms. The lowest BCUT2D eigenvalue weighted by atomic mass is 9.96. The summed E-state index contributed by atoms with van der Waals surface area (Å²) in [5.74, 6) is 0.815. The van der Waals surface area contributed by atoms with Crippen molar-refractivity contribution in [3.63, 3.8) is 0 Å². The van der Waals surface area contributed by atoms with Gasteiger partial charge in [0.25, 0.3) is 11.7 Å². The van der Waals surface area contributed by atoms with Crippen LogP contribution in [0.1, 0.15) is 60.0 Å². The van der Waals surface area contributed by atoms with Crippen LogP contribution in [0.2, 0.25) is 0 Å². The number of Topliss-reactive ketones (excluding diaryl/α,β-unsaturated/α-hetero) is 1. The summed E-state index contributed by atoms with van der Waals surface area (Å²) in [5, 5.41) is 0. The van der Waals surface area contributed by atoms with Gasteiger partial charge >= 0.3 is 0 Å². The first-order valence-electron chi connectivity index (χ1n) is 16.6. The third kappa shape index (κ3) is 7.37. The average molecular weight is 659 g/mol. The van der Waals surface area contributed by atoms with Gasteiger partial charge in [-0.25, -0.2) is 0 Å². The number of methoxy groups -OCH3 is 5. The fourth-order valence-electron chi connectivity index (χ4n) is 7.12. The molecule has 256 valence electrons. The Labute approximate surface area is 282 Å². The summed E-state index contributed by atoms with van der Waals surface area (Å²) < 4.78 is 27.0. The van der Waals surface area contributed by atoms with Crippen LogP contribution in [0.15, 0.2) is 60.7 Å². The van der Waals surface area contributed by atoms with Crippen LogP contribution in [-0.4, -0.2) is 87.6 Å². The first kappa shape index (κ1) is 34.6. The van der Waals surface area contributed by atoms with Gasteiger partial charge in [-0.2, -0.15) is 0 Å². The van der Waals surface area contributed by atoms with Gasteiger partial charge in [0.05, 0.1) is 41.6 Å². The number of aryl methyl sites for hydroxylation is 2. The first-order chi connectivity index (χ1) is 23.3. The van der Waals surface area contributed by atoms with Crippen molar-refractivity contribution in [2.75, 3.05) is 42.1 Å². The lowest BCUT2D eigenvalue weighted by Gasteiger charge is -2.44. The van der Waals surface area contributed by atoms with Crippen molar-refractivity contribution in [2.45, 2.75) is 69.5 Å². The number of carbonyl (C=O) groups is 3. The number of piperazine rings is 1. The summed E-state index contributed by atoms with van der Waals surface area (Å²) in [5.41, 5.74) is 2.54. The molecule has 10 nitrogen and oxygen atoms in total. The van der Waals surface area contributed by atoms with Crippen LogP contribution in [0, 0.1) is 0 Å². The quantitative estimate of drug-likeness (QED) is 0.146. The molecule has 2 fully saturated rings. The molecule has 2 aliphatic rings. The van der Waals surface area contributed by atoms with Gasteiger partial charge in [-0.1, -0.05) is 36.4 Å². The predicted octanol–water partition coefficient (Wildman–Crippen LogP) is 5.53. The van der Waals surface area contributed by atoms with E-state index in [1.54, 1.807) is 14.2 Å². The second-order valence-electron chi connectivity index (χ2n) is 12.3. The van der Waals surface area contributed by atoms with Crippen molar-refractivity contribution in [1.29, 1.82) is 0 Å². The molecule has 0 aliphatic carbocycles. The van der Waals surface area contributed by atoms with E-state index in [2.05, 4.69) is 12.1 Å². The summed E-state index contributed by atoms with van der Waals surface area (Å²) >= 11 is 0. The maximum absolute atomic E-state index is 14.1. The number of ether oxygens (including phenoxy) is 5. The maximum Gasteiger partial charge on any atom is 0.295 e. The first-order valence-corrected chi connectivity index (χ1v) is 16.6. The molecule has 3 aromatic rings. The van der Waals surface area contributed by atoms with Crippen LogP contribution < -0.4 is 23.7 Å². The number of benzene rings is 3. The minimum absolute atomic E-state index is 0.0209. The molecule has 0 saturated carbocycles. The third-order valence-corrected chi connectivity index (χ3v) is 9.57. The number of ketones is 1. The van der Waals surface area contributed by atoms with E-state index in [1.165, 1.54) is 43.9 Å². The Morgan fingerprint density at radius 3 is 1.96 bits per heavy atom. The van der Waals surface area contributed by atoms with E-state index < -0.39 is 17.7 Å². The summed E-state index contributed by atoms with van der Waals surface area (Å²) in [4.78, 5) is 45.0. The Bertz CT molecular complexity index is 1570. The molecule has 48 heavy (non-hydrogen) atoms. The van der Waals surface area contributed by atoms with E-state index in [9.17, 15) is 14.4 Å². The zero-order valence-electron chi connectivity index (χ0n) is 28.5. The lowest BCUT2D eigenvalue weighted by molar-refractivity contribution is -0.151. The molecule has 2 aliphatic heterocycles. The summed E-state index contributed by atoms with van der Waals surface area (Å²) in [7, 11) is 7.64. The molecule has 5 rings (SSSR count). The number of amides is 2. The molecular weight excluding hydrogens is 612 g/mol. The fourth-order valence-corrected chi connectivity index (χ4v) is 7.12.